The van der Waals surface area contributed by atoms with Crippen LogP contribution in [0.15, 0.2) is 11.2 Å². The minimum atomic E-state index is -4.48. The Bertz CT molecular complexity index is 964. The van der Waals surface area contributed by atoms with Gasteiger partial charge in [0, 0.05) is 62.1 Å². The molecule has 1 saturated carbocycles. The lowest BCUT2D eigenvalue weighted by Crippen LogP contribution is -2.47. The maximum absolute atomic E-state index is 12.8. The topological polar surface area (TPSA) is 63.0 Å². The van der Waals surface area contributed by atoms with Crippen molar-refractivity contribution in [1.29, 1.82) is 0 Å². The Balaban J connectivity index is 0.00000324. The second-order valence-corrected chi connectivity index (χ2v) is 11.0. The van der Waals surface area contributed by atoms with Crippen LogP contribution in [0.3, 0.4) is 0 Å². The van der Waals surface area contributed by atoms with Gasteiger partial charge in [0.15, 0.2) is 5.16 Å². The monoisotopic (exact) mass is 519 g/mol. The molecule has 7 nitrogen and oxygen atoms in total. The van der Waals surface area contributed by atoms with Crippen molar-refractivity contribution in [2.24, 2.45) is 7.05 Å². The zero-order valence-electron chi connectivity index (χ0n) is 20.1. The second-order valence-electron chi connectivity index (χ2n) is 9.89. The summed E-state index contributed by atoms with van der Waals surface area (Å²) < 4.78 is 39.5. The van der Waals surface area contributed by atoms with Crippen LogP contribution in [0.4, 0.5) is 19.0 Å². The van der Waals surface area contributed by atoms with Crippen LogP contribution in [0.1, 0.15) is 63.3 Å². The first-order valence-electron chi connectivity index (χ1n) is 11.5. The molecule has 2 fully saturated rings. The summed E-state index contributed by atoms with van der Waals surface area (Å²) in [6, 6.07) is 2.18. The molecule has 0 bridgehead atoms. The molecule has 2 aromatic heterocycles. The Morgan fingerprint density at radius 1 is 1.03 bits per heavy atom. The Labute approximate surface area is 209 Å². The lowest BCUT2D eigenvalue weighted by atomic mass is 9.95. The van der Waals surface area contributed by atoms with Crippen molar-refractivity contribution in [3.63, 3.8) is 0 Å². The number of piperazine rings is 1. The van der Waals surface area contributed by atoms with Crippen LogP contribution < -0.4 is 4.90 Å². The van der Waals surface area contributed by atoms with Crippen LogP contribution in [-0.2, 0) is 18.6 Å². The SMILES string of the molecule is Cl.Cn1c(SCCCN2CCN(c3cc(C4CC4)nc(C(C)(C)C)n3)CC2)nnc1C(F)(F)F. The highest BCUT2D eigenvalue weighted by molar-refractivity contribution is 7.99. The van der Waals surface area contributed by atoms with Gasteiger partial charge in [-0.2, -0.15) is 13.2 Å². The van der Waals surface area contributed by atoms with Crippen molar-refractivity contribution < 1.29 is 13.2 Å². The molecule has 2 aromatic rings. The molecular formula is C22H33ClF3N7S. The van der Waals surface area contributed by atoms with Gasteiger partial charge >= 0.3 is 6.18 Å². The van der Waals surface area contributed by atoms with Crippen molar-refractivity contribution >= 4 is 30.0 Å². The first kappa shape index (κ1) is 27.0. The third-order valence-electron chi connectivity index (χ3n) is 6.03. The van der Waals surface area contributed by atoms with E-state index in [0.717, 1.165) is 55.4 Å². The molecule has 1 saturated heterocycles. The highest BCUT2D eigenvalue weighted by Gasteiger charge is 2.37. The zero-order chi connectivity index (χ0) is 23.8. The van der Waals surface area contributed by atoms with Gasteiger partial charge in [0.2, 0.25) is 5.82 Å². The van der Waals surface area contributed by atoms with Crippen molar-refractivity contribution in [1.82, 2.24) is 29.6 Å². The van der Waals surface area contributed by atoms with Crippen molar-refractivity contribution in [2.75, 3.05) is 43.4 Å². The minimum absolute atomic E-state index is 0. The van der Waals surface area contributed by atoms with E-state index in [9.17, 15) is 13.2 Å². The number of aromatic nitrogens is 5. The van der Waals surface area contributed by atoms with Crippen molar-refractivity contribution in [2.45, 2.75) is 62.7 Å². The quantitative estimate of drug-likeness (QED) is 0.393. The molecule has 12 heteroatoms. The highest BCUT2D eigenvalue weighted by atomic mass is 35.5. The smallest absolute Gasteiger partial charge is 0.354 e. The van der Waals surface area contributed by atoms with E-state index in [4.69, 9.17) is 9.97 Å². The summed E-state index contributed by atoms with van der Waals surface area (Å²) in [7, 11) is 1.36. The molecule has 0 spiro atoms. The Hall–Kier alpha value is -1.59. The number of nitrogens with zero attached hydrogens (tertiary/aromatic N) is 7. The molecule has 0 N–H and O–H groups in total. The molecule has 1 aliphatic heterocycles. The first-order valence-corrected chi connectivity index (χ1v) is 12.5. The number of rotatable bonds is 7. The molecule has 0 atom stereocenters. The largest absolute Gasteiger partial charge is 0.451 e. The molecule has 0 radical (unpaired) electrons. The number of thioether (sulfide) groups is 1. The first-order chi connectivity index (χ1) is 15.5. The van der Waals surface area contributed by atoms with Gasteiger partial charge in [-0.15, -0.1) is 22.6 Å². The summed E-state index contributed by atoms with van der Waals surface area (Å²) in [6.45, 7) is 11.1. The van der Waals surface area contributed by atoms with Gasteiger partial charge in [0.25, 0.3) is 0 Å². The van der Waals surface area contributed by atoms with Crippen molar-refractivity contribution in [3.8, 4) is 0 Å². The van der Waals surface area contributed by atoms with E-state index in [-0.39, 0.29) is 17.8 Å². The molecule has 190 valence electrons. The van der Waals surface area contributed by atoms with Gasteiger partial charge in [-0.05, 0) is 25.8 Å². The standard InChI is InChI=1S/C22H32F3N7S.ClH/c1-21(2,3)18-26-16(15-6-7-15)14-17(27-18)32-11-9-31(10-12-32)8-5-13-33-20-29-28-19(30(20)4)22(23,24)25;/h14-15H,5-13H2,1-4H3;1H. The molecule has 2 aliphatic rings. The van der Waals surface area contributed by atoms with E-state index in [1.165, 1.54) is 37.3 Å². The summed E-state index contributed by atoms with van der Waals surface area (Å²) in [4.78, 5) is 14.5. The molecule has 0 aromatic carbocycles. The maximum atomic E-state index is 12.8. The summed E-state index contributed by atoms with van der Waals surface area (Å²) >= 11 is 1.32. The van der Waals surface area contributed by atoms with Crippen LogP contribution in [-0.4, -0.2) is 68.1 Å². The van der Waals surface area contributed by atoms with E-state index in [2.05, 4.69) is 46.8 Å². The highest BCUT2D eigenvalue weighted by Crippen LogP contribution is 2.40. The zero-order valence-corrected chi connectivity index (χ0v) is 21.7. The molecule has 0 unspecified atom stereocenters. The van der Waals surface area contributed by atoms with Gasteiger partial charge < -0.3 is 9.47 Å². The molecule has 4 rings (SSSR count). The van der Waals surface area contributed by atoms with Crippen LogP contribution in [0.2, 0.25) is 0 Å². The van der Waals surface area contributed by atoms with Crippen LogP contribution in [0, 0.1) is 0 Å². The average Bonchev–Trinajstić information content (AvgIpc) is 3.53. The van der Waals surface area contributed by atoms with Crippen LogP contribution >= 0.6 is 24.2 Å². The third kappa shape index (κ3) is 6.54. The fraction of sp³-hybridized carbons (Fsp3) is 0.727. The Morgan fingerprint density at radius 2 is 1.71 bits per heavy atom. The fourth-order valence-electron chi connectivity index (χ4n) is 3.88. The van der Waals surface area contributed by atoms with E-state index >= 15 is 0 Å². The predicted molar refractivity (Wildman–Crippen MR) is 130 cm³/mol. The number of anilines is 1. The normalized spacial score (nSPS) is 17.7. The number of alkyl halides is 3. The maximum Gasteiger partial charge on any atom is 0.451 e. The van der Waals surface area contributed by atoms with E-state index in [1.54, 1.807) is 0 Å². The lowest BCUT2D eigenvalue weighted by Gasteiger charge is -2.36. The van der Waals surface area contributed by atoms with Gasteiger partial charge in [-0.25, -0.2) is 9.97 Å². The van der Waals surface area contributed by atoms with E-state index < -0.39 is 12.0 Å². The minimum Gasteiger partial charge on any atom is -0.354 e. The number of hydrogen-bond donors (Lipinski definition) is 0. The predicted octanol–water partition coefficient (Wildman–Crippen LogP) is 4.53. The van der Waals surface area contributed by atoms with Gasteiger partial charge in [0.05, 0.1) is 0 Å². The van der Waals surface area contributed by atoms with Crippen LogP contribution in [0.25, 0.3) is 0 Å². The molecule has 1 aliphatic carbocycles. The molecule has 0 amide bonds. The molecule has 3 heterocycles. The summed E-state index contributed by atoms with van der Waals surface area (Å²) in [5.74, 6) is 2.29. The molecular weight excluding hydrogens is 487 g/mol. The number of halogens is 4. The summed E-state index contributed by atoms with van der Waals surface area (Å²) in [5, 5.41) is 7.26. The van der Waals surface area contributed by atoms with E-state index in [1.807, 2.05) is 0 Å². The van der Waals surface area contributed by atoms with Gasteiger partial charge in [-0.1, -0.05) is 32.5 Å². The van der Waals surface area contributed by atoms with Crippen LogP contribution in [0.5, 0.6) is 0 Å². The fourth-order valence-corrected chi connectivity index (χ4v) is 4.71. The summed E-state index contributed by atoms with van der Waals surface area (Å²) in [6.07, 6.45) is -1.15. The van der Waals surface area contributed by atoms with Gasteiger partial charge in [-0.3, -0.25) is 4.90 Å². The Morgan fingerprint density at radius 3 is 2.26 bits per heavy atom. The van der Waals surface area contributed by atoms with Gasteiger partial charge in [0.1, 0.15) is 11.6 Å². The average molecular weight is 520 g/mol. The lowest BCUT2D eigenvalue weighted by molar-refractivity contribution is -0.147. The third-order valence-corrected chi connectivity index (χ3v) is 7.14. The summed E-state index contributed by atoms with van der Waals surface area (Å²) in [5.41, 5.74) is 1.10. The van der Waals surface area contributed by atoms with E-state index in [0.29, 0.717) is 16.8 Å². The number of hydrogen-bond acceptors (Lipinski definition) is 7. The Kier molecular flexibility index (Phi) is 8.40. The molecule has 34 heavy (non-hydrogen) atoms. The second kappa shape index (κ2) is 10.6. The van der Waals surface area contributed by atoms with Crippen molar-refractivity contribution in [3.05, 3.63) is 23.4 Å².